The zero-order chi connectivity index (χ0) is 15.8. The Hall–Kier alpha value is -3.13. The number of benzene rings is 1. The molecule has 0 amide bonds. The molecule has 0 atom stereocenters. The molecule has 2 aromatic rings. The first-order chi connectivity index (χ1) is 10.7. The van der Waals surface area contributed by atoms with E-state index in [0.717, 1.165) is 11.1 Å². The van der Waals surface area contributed by atoms with Gasteiger partial charge in [0, 0.05) is 18.0 Å². The number of esters is 1. The maximum atomic E-state index is 11.5. The van der Waals surface area contributed by atoms with E-state index < -0.39 is 5.97 Å². The molecule has 0 fully saturated rings. The van der Waals surface area contributed by atoms with Gasteiger partial charge >= 0.3 is 5.97 Å². The van der Waals surface area contributed by atoms with Crippen LogP contribution in [-0.4, -0.2) is 17.6 Å². The molecular formula is C17H15N3O2. The maximum absolute atomic E-state index is 11.5. The average Bonchev–Trinajstić information content (AvgIpc) is 2.57. The molecule has 0 aliphatic rings. The van der Waals surface area contributed by atoms with E-state index in [-0.39, 0.29) is 12.2 Å². The fourth-order valence-corrected chi connectivity index (χ4v) is 1.77. The van der Waals surface area contributed by atoms with Gasteiger partial charge in [0.1, 0.15) is 11.9 Å². The van der Waals surface area contributed by atoms with Crippen molar-refractivity contribution in [3.63, 3.8) is 0 Å². The second kappa shape index (κ2) is 7.60. The molecule has 1 N–H and O–H groups in total. The first-order valence-electron chi connectivity index (χ1n) is 6.80. The number of rotatable bonds is 5. The van der Waals surface area contributed by atoms with E-state index in [4.69, 9.17) is 10.00 Å². The first kappa shape index (κ1) is 15.3. The molecule has 1 aromatic carbocycles. The summed E-state index contributed by atoms with van der Waals surface area (Å²) in [6, 6.07) is 15.4. The van der Waals surface area contributed by atoms with Crippen LogP contribution in [0.3, 0.4) is 0 Å². The van der Waals surface area contributed by atoms with Crippen molar-refractivity contribution in [2.75, 3.05) is 11.9 Å². The Kier molecular flexibility index (Phi) is 5.27. The lowest BCUT2D eigenvalue weighted by molar-refractivity contribution is -0.138. The SMILES string of the molecule is CCOC(=O)/C(C#N)=C\Nc1ccc(-c2ccccc2)cn1. The summed E-state index contributed by atoms with van der Waals surface area (Å²) in [5.74, 6) is -0.116. The number of carbonyl (C=O) groups is 1. The van der Waals surface area contributed by atoms with Crippen LogP contribution in [0.5, 0.6) is 0 Å². The van der Waals surface area contributed by atoms with Crippen LogP contribution in [0.4, 0.5) is 5.82 Å². The molecule has 1 aromatic heterocycles. The van der Waals surface area contributed by atoms with Crippen molar-refractivity contribution in [2.24, 2.45) is 0 Å². The van der Waals surface area contributed by atoms with Crippen LogP contribution >= 0.6 is 0 Å². The summed E-state index contributed by atoms with van der Waals surface area (Å²) in [7, 11) is 0. The molecule has 2 rings (SSSR count). The molecule has 5 heteroatoms. The van der Waals surface area contributed by atoms with Gasteiger partial charge in [-0.3, -0.25) is 0 Å². The number of pyridine rings is 1. The maximum Gasteiger partial charge on any atom is 0.350 e. The van der Waals surface area contributed by atoms with Crippen LogP contribution in [0.1, 0.15) is 6.92 Å². The highest BCUT2D eigenvalue weighted by molar-refractivity contribution is 5.93. The van der Waals surface area contributed by atoms with Crippen molar-refractivity contribution in [3.05, 3.63) is 60.4 Å². The largest absolute Gasteiger partial charge is 0.462 e. The van der Waals surface area contributed by atoms with E-state index in [1.54, 1.807) is 25.3 Å². The van der Waals surface area contributed by atoms with Crippen molar-refractivity contribution in [1.82, 2.24) is 4.98 Å². The number of hydrogen-bond acceptors (Lipinski definition) is 5. The van der Waals surface area contributed by atoms with E-state index in [1.807, 2.05) is 36.4 Å². The Morgan fingerprint density at radius 2 is 2.05 bits per heavy atom. The Balaban J connectivity index is 2.08. The molecule has 0 aliphatic carbocycles. The van der Waals surface area contributed by atoms with E-state index >= 15 is 0 Å². The quantitative estimate of drug-likeness (QED) is 0.521. The van der Waals surface area contributed by atoms with Gasteiger partial charge in [0.2, 0.25) is 0 Å². The van der Waals surface area contributed by atoms with Gasteiger partial charge < -0.3 is 10.1 Å². The van der Waals surface area contributed by atoms with Crippen molar-refractivity contribution >= 4 is 11.8 Å². The lowest BCUT2D eigenvalue weighted by Crippen LogP contribution is -2.08. The number of anilines is 1. The number of nitrogens with one attached hydrogen (secondary N) is 1. The van der Waals surface area contributed by atoms with Crippen molar-refractivity contribution in [3.8, 4) is 17.2 Å². The van der Waals surface area contributed by atoms with Gasteiger partial charge in [-0.1, -0.05) is 30.3 Å². The monoisotopic (exact) mass is 293 g/mol. The van der Waals surface area contributed by atoms with Gasteiger partial charge in [0.25, 0.3) is 0 Å². The summed E-state index contributed by atoms with van der Waals surface area (Å²) in [4.78, 5) is 15.7. The highest BCUT2D eigenvalue weighted by Gasteiger charge is 2.09. The van der Waals surface area contributed by atoms with Crippen LogP contribution in [0.25, 0.3) is 11.1 Å². The smallest absolute Gasteiger partial charge is 0.350 e. The molecule has 0 saturated heterocycles. The minimum atomic E-state index is -0.654. The summed E-state index contributed by atoms with van der Waals surface area (Å²) in [6.07, 6.45) is 3.02. The molecule has 0 spiro atoms. The van der Waals surface area contributed by atoms with E-state index in [1.165, 1.54) is 6.20 Å². The predicted octanol–water partition coefficient (Wildman–Crippen LogP) is 3.13. The van der Waals surface area contributed by atoms with Gasteiger partial charge in [-0.05, 0) is 24.6 Å². The van der Waals surface area contributed by atoms with Crippen molar-refractivity contribution in [2.45, 2.75) is 6.92 Å². The number of carbonyl (C=O) groups excluding carboxylic acids is 1. The average molecular weight is 293 g/mol. The molecular weight excluding hydrogens is 278 g/mol. The lowest BCUT2D eigenvalue weighted by Gasteiger charge is -2.04. The lowest BCUT2D eigenvalue weighted by atomic mass is 10.1. The van der Waals surface area contributed by atoms with Crippen molar-refractivity contribution < 1.29 is 9.53 Å². The Morgan fingerprint density at radius 3 is 2.64 bits per heavy atom. The summed E-state index contributed by atoms with van der Waals surface area (Å²) in [5.41, 5.74) is 1.96. The fraction of sp³-hybridized carbons (Fsp3) is 0.118. The Bertz CT molecular complexity index is 701. The molecule has 0 saturated carbocycles. The summed E-state index contributed by atoms with van der Waals surface area (Å²) < 4.78 is 4.77. The molecule has 110 valence electrons. The number of nitrogens with zero attached hydrogens (tertiary/aromatic N) is 2. The van der Waals surface area contributed by atoms with Crippen LogP contribution in [0.2, 0.25) is 0 Å². The van der Waals surface area contributed by atoms with Gasteiger partial charge in [0.05, 0.1) is 6.61 Å². The minimum Gasteiger partial charge on any atom is -0.462 e. The van der Waals surface area contributed by atoms with E-state index in [2.05, 4.69) is 10.3 Å². The highest BCUT2D eigenvalue weighted by atomic mass is 16.5. The van der Waals surface area contributed by atoms with Gasteiger partial charge in [-0.15, -0.1) is 0 Å². The summed E-state index contributed by atoms with van der Waals surface area (Å²) in [6.45, 7) is 1.91. The first-order valence-corrected chi connectivity index (χ1v) is 6.80. The molecule has 22 heavy (non-hydrogen) atoms. The molecule has 0 bridgehead atoms. The number of ether oxygens (including phenoxy) is 1. The molecule has 0 aliphatic heterocycles. The molecule has 0 unspecified atom stereocenters. The van der Waals surface area contributed by atoms with Gasteiger partial charge in [-0.25, -0.2) is 9.78 Å². The number of hydrogen-bond donors (Lipinski definition) is 1. The fourth-order valence-electron chi connectivity index (χ4n) is 1.77. The van der Waals surface area contributed by atoms with Crippen molar-refractivity contribution in [1.29, 1.82) is 5.26 Å². The third-order valence-electron chi connectivity index (χ3n) is 2.85. The second-order valence-corrected chi connectivity index (χ2v) is 4.33. The van der Waals surface area contributed by atoms with Crippen LogP contribution in [-0.2, 0) is 9.53 Å². The Morgan fingerprint density at radius 1 is 1.27 bits per heavy atom. The van der Waals surface area contributed by atoms with Crippen LogP contribution in [0, 0.1) is 11.3 Å². The summed E-state index contributed by atoms with van der Waals surface area (Å²) in [5, 5.41) is 11.7. The third-order valence-corrected chi connectivity index (χ3v) is 2.85. The van der Waals surface area contributed by atoms with E-state index in [9.17, 15) is 4.79 Å². The third kappa shape index (κ3) is 3.93. The minimum absolute atomic E-state index is 0.101. The zero-order valence-corrected chi connectivity index (χ0v) is 12.1. The zero-order valence-electron chi connectivity index (χ0n) is 12.1. The number of aromatic nitrogens is 1. The normalized spacial score (nSPS) is 10.6. The van der Waals surface area contributed by atoms with Crippen LogP contribution < -0.4 is 5.32 Å². The predicted molar refractivity (Wildman–Crippen MR) is 83.6 cm³/mol. The number of nitriles is 1. The standard InChI is InChI=1S/C17H15N3O2/c1-2-22-17(21)15(10-18)12-20-16-9-8-14(11-19-16)13-6-4-3-5-7-13/h3-9,11-12H,2H2,1H3,(H,19,20)/b15-12-. The van der Waals surface area contributed by atoms with E-state index in [0.29, 0.717) is 5.82 Å². The van der Waals surface area contributed by atoms with Gasteiger partial charge in [0.15, 0.2) is 5.57 Å². The van der Waals surface area contributed by atoms with Crippen LogP contribution in [0.15, 0.2) is 60.4 Å². The molecule has 0 radical (unpaired) electrons. The van der Waals surface area contributed by atoms with Gasteiger partial charge in [-0.2, -0.15) is 5.26 Å². The topological polar surface area (TPSA) is 75.0 Å². The second-order valence-electron chi connectivity index (χ2n) is 4.33. The highest BCUT2D eigenvalue weighted by Crippen LogP contribution is 2.19. The molecule has 5 nitrogen and oxygen atoms in total. The Labute approximate surface area is 128 Å². The molecule has 1 heterocycles. The summed E-state index contributed by atoms with van der Waals surface area (Å²) >= 11 is 0.